The van der Waals surface area contributed by atoms with Gasteiger partial charge in [0.2, 0.25) is 5.95 Å². The Kier molecular flexibility index (Phi) is 6.96. The first-order chi connectivity index (χ1) is 18.3. The molecule has 0 spiro atoms. The number of carbonyl (C=O) groups excluding carboxylic acids is 1. The zero-order chi connectivity index (χ0) is 26.9. The van der Waals surface area contributed by atoms with Crippen molar-refractivity contribution in [2.75, 3.05) is 24.9 Å². The van der Waals surface area contributed by atoms with E-state index in [1.807, 2.05) is 6.07 Å². The van der Waals surface area contributed by atoms with Gasteiger partial charge in [-0.2, -0.15) is 9.50 Å². The number of hydrogen-bond donors (Lipinski definition) is 4. The summed E-state index contributed by atoms with van der Waals surface area (Å²) in [6.07, 6.45) is 4.63. The first kappa shape index (κ1) is 25.6. The molecule has 11 nitrogen and oxygen atoms in total. The van der Waals surface area contributed by atoms with Gasteiger partial charge in [-0.15, -0.1) is 5.10 Å². The van der Waals surface area contributed by atoms with Crippen LogP contribution < -0.4 is 31.6 Å². The summed E-state index contributed by atoms with van der Waals surface area (Å²) in [5, 5.41) is 11.8. The molecule has 1 aliphatic carbocycles. The largest absolute Gasteiger partial charge is 0.497 e. The molecule has 0 aliphatic heterocycles. The molecule has 2 aromatic heterocycles. The highest BCUT2D eigenvalue weighted by atomic mass is 35.5. The predicted molar refractivity (Wildman–Crippen MR) is 146 cm³/mol. The zero-order valence-electron chi connectivity index (χ0n) is 21.1. The molecule has 0 bridgehead atoms. The number of amides is 1. The van der Waals surface area contributed by atoms with Gasteiger partial charge in [-0.25, -0.2) is 4.98 Å². The normalized spacial score (nSPS) is 14.7. The quantitative estimate of drug-likeness (QED) is 0.241. The lowest BCUT2D eigenvalue weighted by Gasteiger charge is -2.34. The van der Waals surface area contributed by atoms with Crippen LogP contribution >= 0.6 is 11.6 Å². The third kappa shape index (κ3) is 5.15. The summed E-state index contributed by atoms with van der Waals surface area (Å²) in [6.45, 7) is 0. The molecule has 0 atom stereocenters. The summed E-state index contributed by atoms with van der Waals surface area (Å²) in [7, 11) is 3.11. The van der Waals surface area contributed by atoms with Gasteiger partial charge in [-0.1, -0.05) is 30.2 Å². The van der Waals surface area contributed by atoms with E-state index in [4.69, 9.17) is 37.5 Å². The number of aromatic nitrogens is 4. The number of halogens is 1. The molecule has 0 radical (unpaired) electrons. The Balaban J connectivity index is 1.70. The smallest absolute Gasteiger partial charge is 0.256 e. The maximum Gasteiger partial charge on any atom is 0.256 e. The molecule has 2 heterocycles. The lowest BCUT2D eigenvalue weighted by molar-refractivity contribution is 0.100. The van der Waals surface area contributed by atoms with Crippen molar-refractivity contribution < 1.29 is 14.3 Å². The number of primary amides is 1. The predicted octanol–water partition coefficient (Wildman–Crippen LogP) is 4.34. The number of hydrogen-bond acceptors (Lipinski definition) is 9. The van der Waals surface area contributed by atoms with E-state index in [1.54, 1.807) is 50.6 Å². The van der Waals surface area contributed by atoms with Crippen LogP contribution in [0.2, 0.25) is 5.02 Å². The van der Waals surface area contributed by atoms with Crippen LogP contribution in [0.5, 0.6) is 11.5 Å². The molecule has 1 fully saturated rings. The molecule has 4 aromatic rings. The number of fused-ring (bicyclic) bond motifs is 1. The van der Waals surface area contributed by atoms with E-state index < -0.39 is 11.6 Å². The molecule has 1 saturated carbocycles. The maximum atomic E-state index is 12.8. The number of rotatable bonds is 8. The van der Waals surface area contributed by atoms with Crippen molar-refractivity contribution in [3.05, 3.63) is 53.1 Å². The Morgan fingerprint density at radius 1 is 1.05 bits per heavy atom. The molecule has 6 N–H and O–H groups in total. The molecule has 0 unspecified atom stereocenters. The number of nitrogens with two attached hydrogens (primary N) is 2. The van der Waals surface area contributed by atoms with Crippen LogP contribution in [0.3, 0.4) is 0 Å². The van der Waals surface area contributed by atoms with Crippen LogP contribution in [0, 0.1) is 0 Å². The molecular formula is C26H29ClN8O3. The lowest BCUT2D eigenvalue weighted by Crippen LogP contribution is -2.49. The SMILES string of the molecule is COc1cc(Nc2nc(NC3(N)CCCCC3)n3nc(-c4cccc(Cl)c4)nc3c2C(N)=O)cc(OC)c1. The van der Waals surface area contributed by atoms with E-state index in [1.165, 1.54) is 4.52 Å². The summed E-state index contributed by atoms with van der Waals surface area (Å²) in [6, 6.07) is 12.4. The molecule has 12 heteroatoms. The minimum absolute atomic E-state index is 0.0628. The van der Waals surface area contributed by atoms with E-state index in [0.717, 1.165) is 32.1 Å². The van der Waals surface area contributed by atoms with E-state index in [-0.39, 0.29) is 17.0 Å². The van der Waals surface area contributed by atoms with Crippen LogP contribution in [0.15, 0.2) is 42.5 Å². The van der Waals surface area contributed by atoms with Gasteiger partial charge in [0.1, 0.15) is 17.1 Å². The third-order valence-electron chi connectivity index (χ3n) is 6.54. The van der Waals surface area contributed by atoms with E-state index in [2.05, 4.69) is 20.7 Å². The maximum absolute atomic E-state index is 12.8. The van der Waals surface area contributed by atoms with Crippen LogP contribution in [0.25, 0.3) is 17.0 Å². The Morgan fingerprint density at radius 3 is 2.39 bits per heavy atom. The standard InChI is InChI=1S/C26H29ClN8O3/c1-37-18-12-17(13-19(14-18)38-2)30-23-20(21(28)36)24-31-22(15-7-6-8-16(27)11-15)34-35(24)25(32-23)33-26(29)9-4-3-5-10-26/h6-8,11-14,30H,3-5,9-10,29H2,1-2H3,(H2,28,36)(H,32,33). The minimum atomic E-state index is -0.725. The van der Waals surface area contributed by atoms with Crippen LogP contribution in [0.1, 0.15) is 42.5 Å². The van der Waals surface area contributed by atoms with Gasteiger partial charge in [-0.05, 0) is 37.8 Å². The average Bonchev–Trinajstić information content (AvgIpc) is 3.34. The summed E-state index contributed by atoms with van der Waals surface area (Å²) in [5.41, 5.74) is 13.4. The van der Waals surface area contributed by atoms with Crippen molar-refractivity contribution in [2.45, 2.75) is 37.8 Å². The zero-order valence-corrected chi connectivity index (χ0v) is 21.9. The molecule has 5 rings (SSSR count). The third-order valence-corrected chi connectivity index (χ3v) is 6.77. The van der Waals surface area contributed by atoms with E-state index >= 15 is 0 Å². The summed E-state index contributed by atoms with van der Waals surface area (Å²) in [4.78, 5) is 22.2. The Morgan fingerprint density at radius 2 is 1.76 bits per heavy atom. The Labute approximate surface area is 224 Å². The first-order valence-electron chi connectivity index (χ1n) is 12.2. The summed E-state index contributed by atoms with van der Waals surface area (Å²) in [5.74, 6) is 1.26. The monoisotopic (exact) mass is 536 g/mol. The number of methoxy groups -OCH3 is 2. The average molecular weight is 537 g/mol. The van der Waals surface area contributed by atoms with Crippen LogP contribution in [-0.2, 0) is 0 Å². The van der Waals surface area contributed by atoms with Gasteiger partial charge in [0.25, 0.3) is 5.91 Å². The van der Waals surface area contributed by atoms with Crippen molar-refractivity contribution in [1.82, 2.24) is 19.6 Å². The highest BCUT2D eigenvalue weighted by molar-refractivity contribution is 6.30. The molecule has 0 saturated heterocycles. The van der Waals surface area contributed by atoms with Crippen molar-refractivity contribution in [3.63, 3.8) is 0 Å². The number of benzene rings is 2. The minimum Gasteiger partial charge on any atom is -0.497 e. The second kappa shape index (κ2) is 10.3. The van der Waals surface area contributed by atoms with Crippen molar-refractivity contribution in [3.8, 4) is 22.9 Å². The Bertz CT molecular complexity index is 1480. The number of ether oxygens (including phenoxy) is 2. The van der Waals surface area contributed by atoms with Crippen LogP contribution in [0.4, 0.5) is 17.5 Å². The highest BCUT2D eigenvalue weighted by Gasteiger charge is 2.31. The van der Waals surface area contributed by atoms with Crippen molar-refractivity contribution >= 4 is 40.6 Å². The van der Waals surface area contributed by atoms with Gasteiger partial charge < -0.3 is 31.6 Å². The van der Waals surface area contributed by atoms with Crippen LogP contribution in [-0.4, -0.2) is 45.4 Å². The molecule has 38 heavy (non-hydrogen) atoms. The van der Waals surface area contributed by atoms with Gasteiger partial charge in [0.05, 0.1) is 19.9 Å². The molecule has 2 aromatic carbocycles. The van der Waals surface area contributed by atoms with Gasteiger partial charge >= 0.3 is 0 Å². The highest BCUT2D eigenvalue weighted by Crippen LogP contribution is 2.33. The second-order valence-corrected chi connectivity index (χ2v) is 9.71. The fourth-order valence-corrected chi connectivity index (χ4v) is 4.82. The fraction of sp³-hybridized carbons (Fsp3) is 0.308. The number of anilines is 3. The number of nitrogens with one attached hydrogen (secondary N) is 2. The molecule has 198 valence electrons. The summed E-state index contributed by atoms with van der Waals surface area (Å²) >= 11 is 6.21. The fourth-order valence-electron chi connectivity index (χ4n) is 4.63. The van der Waals surface area contributed by atoms with E-state index in [9.17, 15) is 4.79 Å². The van der Waals surface area contributed by atoms with E-state index in [0.29, 0.717) is 39.5 Å². The van der Waals surface area contributed by atoms with Crippen molar-refractivity contribution in [2.24, 2.45) is 11.5 Å². The molecular weight excluding hydrogens is 508 g/mol. The van der Waals surface area contributed by atoms with Gasteiger partial charge in [0, 0.05) is 34.5 Å². The van der Waals surface area contributed by atoms with Gasteiger partial charge in [-0.3, -0.25) is 4.79 Å². The first-order valence-corrected chi connectivity index (χ1v) is 12.6. The summed E-state index contributed by atoms with van der Waals surface area (Å²) < 4.78 is 12.2. The Hall–Kier alpha value is -4.09. The second-order valence-electron chi connectivity index (χ2n) is 9.27. The molecule has 1 amide bonds. The molecule has 1 aliphatic rings. The number of carbonyl (C=O) groups is 1. The lowest BCUT2D eigenvalue weighted by atomic mass is 9.90. The van der Waals surface area contributed by atoms with Gasteiger partial charge in [0.15, 0.2) is 17.3 Å². The van der Waals surface area contributed by atoms with Crippen molar-refractivity contribution in [1.29, 1.82) is 0 Å². The topological polar surface area (TPSA) is 155 Å². The number of nitrogens with zero attached hydrogens (tertiary/aromatic N) is 4.